The summed E-state index contributed by atoms with van der Waals surface area (Å²) < 4.78 is 27.5. The Balaban J connectivity index is 1.73. The first-order valence-electron chi connectivity index (χ1n) is 17.1. The molecule has 0 aromatic rings. The lowest BCUT2D eigenvalue weighted by Crippen LogP contribution is -2.66. The van der Waals surface area contributed by atoms with Gasteiger partial charge in [-0.05, 0) is 159 Å². The predicted molar refractivity (Wildman–Crippen MR) is 185 cm³/mol. The molecule has 4 aliphatic carbocycles. The van der Waals surface area contributed by atoms with Gasteiger partial charge in [0, 0.05) is 17.6 Å². The van der Waals surface area contributed by atoms with Gasteiger partial charge in [-0.25, -0.2) is 0 Å². The molecule has 0 aromatic heterocycles. The summed E-state index contributed by atoms with van der Waals surface area (Å²) in [6.45, 7) is 32.6. The SMILES string of the molecule is CC12CCC(O[Si](C)(C)C)CC1CCC1C2C(O[Si](C)(C)C)CC2(C)C1CC[C@]2(O[Si](C)(C)C)C(=O)CO[Si](C)(C)C. The molecule has 4 fully saturated rings. The molecule has 5 nitrogen and oxygen atoms in total. The van der Waals surface area contributed by atoms with Crippen LogP contribution in [-0.2, 0) is 22.5 Å². The summed E-state index contributed by atoms with van der Waals surface area (Å²) in [7, 11) is -7.31. The average molecular weight is 655 g/mol. The van der Waals surface area contributed by atoms with Crippen molar-refractivity contribution in [3.8, 4) is 0 Å². The fourth-order valence-corrected chi connectivity index (χ4v) is 14.5. The number of Topliss-reactive ketones (excluding diaryl/α,β-unsaturated/α-hetero) is 1. The third kappa shape index (κ3) is 7.18. The van der Waals surface area contributed by atoms with Crippen LogP contribution in [0.3, 0.4) is 0 Å². The highest BCUT2D eigenvalue weighted by atomic mass is 28.4. The zero-order chi connectivity index (χ0) is 31.7. The lowest BCUT2D eigenvalue weighted by atomic mass is 9.43. The van der Waals surface area contributed by atoms with Crippen LogP contribution in [0.5, 0.6) is 0 Å². The maximum atomic E-state index is 14.5. The third-order valence-corrected chi connectivity index (χ3v) is 15.3. The van der Waals surface area contributed by atoms with Crippen molar-refractivity contribution in [2.24, 2.45) is 34.5 Å². The first-order chi connectivity index (χ1) is 18.9. The summed E-state index contributed by atoms with van der Waals surface area (Å²) in [4.78, 5) is 14.5. The van der Waals surface area contributed by atoms with Gasteiger partial charge in [-0.15, -0.1) is 0 Å². The Hall–Kier alpha value is 0.378. The molecule has 4 aliphatic rings. The number of hydrogen-bond acceptors (Lipinski definition) is 5. The molecule has 0 heterocycles. The van der Waals surface area contributed by atoms with Crippen LogP contribution in [0, 0.1) is 34.5 Å². The minimum Gasteiger partial charge on any atom is -0.415 e. The summed E-state index contributed by atoms with van der Waals surface area (Å²) in [6, 6.07) is 0. The molecule has 0 radical (unpaired) electrons. The Morgan fingerprint density at radius 3 is 1.90 bits per heavy atom. The van der Waals surface area contributed by atoms with Crippen LogP contribution in [0.4, 0.5) is 0 Å². The standard InChI is InChI=1S/C33H66O5Si4/c1-31-19-17-25(36-40(6,7)8)21-24(31)15-16-26-27-18-20-33(38-42(12,13)14,29(34)23-35-39(3,4)5)32(27,2)22-28(30(26)31)37-41(9,10)11/h24-28,30H,15-23H2,1-14H3/t24?,25?,26?,27?,28?,30?,31?,32?,33-/m0/s1. The van der Waals surface area contributed by atoms with E-state index in [2.05, 4.69) is 92.4 Å². The van der Waals surface area contributed by atoms with Crippen molar-refractivity contribution in [3.05, 3.63) is 0 Å². The smallest absolute Gasteiger partial charge is 0.188 e. The maximum Gasteiger partial charge on any atom is 0.188 e. The van der Waals surface area contributed by atoms with Crippen LogP contribution >= 0.6 is 0 Å². The monoisotopic (exact) mass is 654 g/mol. The van der Waals surface area contributed by atoms with Gasteiger partial charge < -0.3 is 17.7 Å². The van der Waals surface area contributed by atoms with Gasteiger partial charge >= 0.3 is 0 Å². The van der Waals surface area contributed by atoms with Crippen molar-refractivity contribution >= 4 is 39.1 Å². The molecule has 0 spiro atoms. The van der Waals surface area contributed by atoms with E-state index in [9.17, 15) is 4.79 Å². The van der Waals surface area contributed by atoms with E-state index in [1.54, 1.807) is 0 Å². The van der Waals surface area contributed by atoms with Gasteiger partial charge in [0.25, 0.3) is 0 Å². The van der Waals surface area contributed by atoms with Gasteiger partial charge in [0.15, 0.2) is 39.1 Å². The van der Waals surface area contributed by atoms with Crippen LogP contribution in [-0.4, -0.2) is 63.5 Å². The minimum absolute atomic E-state index is 0.179. The molecule has 0 saturated heterocycles. The number of carbonyl (C=O) groups excluding carboxylic acids is 1. The number of fused-ring (bicyclic) bond motifs is 5. The van der Waals surface area contributed by atoms with E-state index in [4.69, 9.17) is 17.7 Å². The van der Waals surface area contributed by atoms with Crippen LogP contribution in [0.2, 0.25) is 78.6 Å². The summed E-state index contributed by atoms with van der Waals surface area (Å²) in [5.41, 5.74) is -0.738. The summed E-state index contributed by atoms with van der Waals surface area (Å²) >= 11 is 0. The summed E-state index contributed by atoms with van der Waals surface area (Å²) in [5.74, 6) is 2.52. The summed E-state index contributed by atoms with van der Waals surface area (Å²) in [6.07, 6.45) is 9.61. The van der Waals surface area contributed by atoms with Crippen LogP contribution < -0.4 is 0 Å². The van der Waals surface area contributed by atoms with Crippen LogP contribution in [0.15, 0.2) is 0 Å². The van der Waals surface area contributed by atoms with Crippen molar-refractivity contribution in [1.29, 1.82) is 0 Å². The largest absolute Gasteiger partial charge is 0.415 e. The lowest BCUT2D eigenvalue weighted by molar-refractivity contribution is -0.195. The van der Waals surface area contributed by atoms with E-state index in [0.29, 0.717) is 29.8 Å². The zero-order valence-corrected chi connectivity index (χ0v) is 33.9. The molecule has 4 rings (SSSR count). The van der Waals surface area contributed by atoms with Gasteiger partial charge in [-0.2, -0.15) is 0 Å². The quantitative estimate of drug-likeness (QED) is 0.220. The van der Waals surface area contributed by atoms with Crippen molar-refractivity contribution in [2.45, 2.75) is 162 Å². The van der Waals surface area contributed by atoms with Gasteiger partial charge in [0.1, 0.15) is 5.60 Å². The Morgan fingerprint density at radius 2 is 1.36 bits per heavy atom. The van der Waals surface area contributed by atoms with Crippen LogP contribution in [0.25, 0.3) is 0 Å². The Kier molecular flexibility index (Phi) is 9.70. The van der Waals surface area contributed by atoms with E-state index in [0.717, 1.165) is 19.3 Å². The molecular formula is C33H66O5Si4. The minimum atomic E-state index is -2.05. The number of rotatable bonds is 10. The number of carbonyl (C=O) groups is 1. The van der Waals surface area contributed by atoms with E-state index in [1.807, 2.05) is 0 Å². The molecule has 0 bridgehead atoms. The first kappa shape index (κ1) is 35.2. The third-order valence-electron chi connectivity index (χ3n) is 11.2. The number of ketones is 1. The fraction of sp³-hybridized carbons (Fsp3) is 0.970. The first-order valence-corrected chi connectivity index (χ1v) is 30.8. The normalized spacial score (nSPS) is 41.2. The highest BCUT2D eigenvalue weighted by Crippen LogP contribution is 2.70. The zero-order valence-electron chi connectivity index (χ0n) is 29.9. The molecular weight excluding hydrogens is 589 g/mol. The van der Waals surface area contributed by atoms with Crippen molar-refractivity contribution in [2.75, 3.05) is 6.61 Å². The van der Waals surface area contributed by atoms with Gasteiger partial charge in [-0.1, -0.05) is 13.8 Å². The number of hydrogen-bond donors (Lipinski definition) is 0. The molecule has 4 saturated carbocycles. The van der Waals surface area contributed by atoms with Crippen molar-refractivity contribution in [3.63, 3.8) is 0 Å². The van der Waals surface area contributed by atoms with E-state index >= 15 is 0 Å². The van der Waals surface area contributed by atoms with Crippen molar-refractivity contribution < 1.29 is 22.5 Å². The average Bonchev–Trinajstić information content (AvgIpc) is 3.06. The molecule has 0 amide bonds. The predicted octanol–water partition coefficient (Wildman–Crippen LogP) is 9.09. The van der Waals surface area contributed by atoms with E-state index in [1.165, 1.54) is 32.1 Å². The van der Waals surface area contributed by atoms with E-state index < -0.39 is 38.9 Å². The highest BCUT2D eigenvalue weighted by Gasteiger charge is 2.70. The van der Waals surface area contributed by atoms with Crippen molar-refractivity contribution in [1.82, 2.24) is 0 Å². The molecule has 244 valence electrons. The van der Waals surface area contributed by atoms with Crippen LogP contribution in [0.1, 0.15) is 65.2 Å². The Bertz CT molecular complexity index is 994. The van der Waals surface area contributed by atoms with Gasteiger partial charge in [0.2, 0.25) is 0 Å². The Labute approximate surface area is 263 Å². The Morgan fingerprint density at radius 1 is 0.738 bits per heavy atom. The highest BCUT2D eigenvalue weighted by molar-refractivity contribution is 6.71. The second-order valence-corrected chi connectivity index (χ2v) is 36.9. The van der Waals surface area contributed by atoms with Gasteiger partial charge in [-0.3, -0.25) is 4.79 Å². The molecule has 42 heavy (non-hydrogen) atoms. The molecule has 0 aliphatic heterocycles. The fourth-order valence-electron chi connectivity index (χ4n) is 10.1. The second kappa shape index (κ2) is 11.6. The molecule has 0 aromatic carbocycles. The maximum absolute atomic E-state index is 14.5. The lowest BCUT2D eigenvalue weighted by Gasteiger charge is -2.65. The molecule has 9 atom stereocenters. The molecule has 8 unspecified atom stereocenters. The topological polar surface area (TPSA) is 54.0 Å². The molecule has 0 N–H and O–H groups in total. The summed E-state index contributed by atoms with van der Waals surface area (Å²) in [5, 5.41) is 0. The van der Waals surface area contributed by atoms with Gasteiger partial charge in [0.05, 0.1) is 6.61 Å². The molecule has 9 heteroatoms. The second-order valence-electron chi connectivity index (χ2n) is 19.0. The van der Waals surface area contributed by atoms with E-state index in [-0.39, 0.29) is 29.3 Å².